The van der Waals surface area contributed by atoms with Crippen molar-refractivity contribution >= 4 is 34.0 Å². The molecule has 1 N–H and O–H groups in total. The highest BCUT2D eigenvalue weighted by Crippen LogP contribution is 2.41. The lowest BCUT2D eigenvalue weighted by molar-refractivity contribution is 0.563. The predicted octanol–water partition coefficient (Wildman–Crippen LogP) is 6.80. The van der Waals surface area contributed by atoms with Crippen LogP contribution in [0.1, 0.15) is 5.56 Å². The van der Waals surface area contributed by atoms with Gasteiger partial charge in [0.1, 0.15) is 16.6 Å². The minimum Gasteiger partial charge on any atom is -0.306 e. The molecule has 1 unspecified atom stereocenters. The number of benzene rings is 3. The van der Waals surface area contributed by atoms with Crippen LogP contribution in [-0.2, 0) is 16.8 Å². The Hall–Kier alpha value is -2.45. The van der Waals surface area contributed by atoms with Gasteiger partial charge in [-0.2, -0.15) is 0 Å². The number of nitrogens with zero attached hydrogens (tertiary/aromatic N) is 1. The first-order chi connectivity index (χ1) is 14.4. The third-order valence-corrected chi connectivity index (χ3v) is 6.44. The average molecular weight is 462 g/mol. The van der Waals surface area contributed by atoms with Crippen LogP contribution in [0, 0.1) is 11.6 Å². The molecule has 8 heteroatoms. The molecular formula is C22H14ClF2NO2S2. The SMILES string of the molecule is O=S(O)Cc1ccc(-c2sc(-c3ccc(F)c(Cl)c3)nc2-c2ccc(F)cc2)cc1. The van der Waals surface area contributed by atoms with Gasteiger partial charge in [-0.25, -0.2) is 18.0 Å². The molecule has 0 radical (unpaired) electrons. The molecule has 4 rings (SSSR count). The first-order valence-electron chi connectivity index (χ1n) is 8.79. The lowest BCUT2D eigenvalue weighted by Crippen LogP contribution is -1.92. The summed E-state index contributed by atoms with van der Waals surface area (Å²) in [6.07, 6.45) is 0. The Morgan fingerprint density at radius 2 is 1.57 bits per heavy atom. The lowest BCUT2D eigenvalue weighted by atomic mass is 10.1. The largest absolute Gasteiger partial charge is 0.306 e. The quantitative estimate of drug-likeness (QED) is 0.332. The van der Waals surface area contributed by atoms with Crippen LogP contribution in [0.3, 0.4) is 0 Å². The monoisotopic (exact) mass is 461 g/mol. The molecule has 1 heterocycles. The number of halogens is 3. The van der Waals surface area contributed by atoms with Gasteiger partial charge in [0.25, 0.3) is 0 Å². The molecule has 0 spiro atoms. The van der Waals surface area contributed by atoms with Gasteiger partial charge in [0.15, 0.2) is 11.1 Å². The summed E-state index contributed by atoms with van der Waals surface area (Å²) in [5.41, 5.74) is 3.67. The molecule has 0 bridgehead atoms. The van der Waals surface area contributed by atoms with Crippen LogP contribution < -0.4 is 0 Å². The molecular weight excluding hydrogens is 448 g/mol. The maximum absolute atomic E-state index is 13.6. The highest BCUT2D eigenvalue weighted by Gasteiger charge is 2.17. The Kier molecular flexibility index (Phi) is 6.06. The smallest absolute Gasteiger partial charge is 0.157 e. The highest BCUT2D eigenvalue weighted by molar-refractivity contribution is 7.78. The van der Waals surface area contributed by atoms with E-state index >= 15 is 0 Å². The maximum atomic E-state index is 13.6. The maximum Gasteiger partial charge on any atom is 0.157 e. The molecule has 0 amide bonds. The molecule has 0 aliphatic carbocycles. The fourth-order valence-electron chi connectivity index (χ4n) is 2.97. The zero-order valence-corrected chi connectivity index (χ0v) is 17.7. The third kappa shape index (κ3) is 4.49. The van der Waals surface area contributed by atoms with Crippen LogP contribution in [0.4, 0.5) is 8.78 Å². The van der Waals surface area contributed by atoms with Gasteiger partial charge in [0, 0.05) is 11.1 Å². The van der Waals surface area contributed by atoms with E-state index in [0.29, 0.717) is 16.3 Å². The first-order valence-corrected chi connectivity index (χ1v) is 11.3. The van der Waals surface area contributed by atoms with Gasteiger partial charge < -0.3 is 4.55 Å². The summed E-state index contributed by atoms with van der Waals surface area (Å²) in [7, 11) is 0. The molecule has 0 aliphatic heterocycles. The van der Waals surface area contributed by atoms with Gasteiger partial charge in [-0.3, -0.25) is 0 Å². The van der Waals surface area contributed by atoms with Crippen molar-refractivity contribution in [3.05, 3.63) is 89.0 Å². The Morgan fingerprint density at radius 1 is 0.933 bits per heavy atom. The van der Waals surface area contributed by atoms with E-state index in [1.165, 1.54) is 35.6 Å². The molecule has 152 valence electrons. The van der Waals surface area contributed by atoms with E-state index in [0.717, 1.165) is 21.6 Å². The zero-order chi connectivity index (χ0) is 21.3. The van der Waals surface area contributed by atoms with Crippen molar-refractivity contribution < 1.29 is 17.5 Å². The fraction of sp³-hybridized carbons (Fsp3) is 0.0455. The zero-order valence-electron chi connectivity index (χ0n) is 15.3. The van der Waals surface area contributed by atoms with Gasteiger partial charge in [-0.05, 0) is 53.6 Å². The Labute approximate surface area is 183 Å². The summed E-state index contributed by atoms with van der Waals surface area (Å²) in [5.74, 6) is -0.803. The van der Waals surface area contributed by atoms with Gasteiger partial charge in [0.05, 0.1) is 21.3 Å². The minimum absolute atomic E-state index is 0.00828. The topological polar surface area (TPSA) is 50.2 Å². The van der Waals surface area contributed by atoms with E-state index in [-0.39, 0.29) is 16.6 Å². The summed E-state index contributed by atoms with van der Waals surface area (Å²) in [5, 5.41) is 0.653. The highest BCUT2D eigenvalue weighted by atomic mass is 35.5. The molecule has 3 aromatic carbocycles. The summed E-state index contributed by atoms with van der Waals surface area (Å²) in [6.45, 7) is 0. The Bertz CT molecular complexity index is 1230. The molecule has 0 saturated heterocycles. The lowest BCUT2D eigenvalue weighted by Gasteiger charge is -2.04. The van der Waals surface area contributed by atoms with Crippen molar-refractivity contribution in [1.82, 2.24) is 4.98 Å². The number of hydrogen-bond acceptors (Lipinski definition) is 3. The van der Waals surface area contributed by atoms with Gasteiger partial charge >= 0.3 is 0 Å². The van der Waals surface area contributed by atoms with E-state index < -0.39 is 16.9 Å². The van der Waals surface area contributed by atoms with Gasteiger partial charge in [-0.15, -0.1) is 11.3 Å². The summed E-state index contributed by atoms with van der Waals surface area (Å²) in [4.78, 5) is 5.57. The second-order valence-electron chi connectivity index (χ2n) is 6.50. The van der Waals surface area contributed by atoms with E-state index in [2.05, 4.69) is 0 Å². The van der Waals surface area contributed by atoms with Crippen LogP contribution in [0.2, 0.25) is 5.02 Å². The minimum atomic E-state index is -1.92. The van der Waals surface area contributed by atoms with E-state index in [1.807, 2.05) is 12.1 Å². The summed E-state index contributed by atoms with van der Waals surface area (Å²) in [6, 6.07) is 17.7. The second kappa shape index (κ2) is 8.73. The predicted molar refractivity (Wildman–Crippen MR) is 118 cm³/mol. The summed E-state index contributed by atoms with van der Waals surface area (Å²) >= 11 is 5.42. The van der Waals surface area contributed by atoms with Gasteiger partial charge in [0.2, 0.25) is 0 Å². The van der Waals surface area contributed by atoms with Gasteiger partial charge in [-0.1, -0.05) is 35.9 Å². The molecule has 0 aliphatic rings. The van der Waals surface area contributed by atoms with Crippen molar-refractivity contribution in [1.29, 1.82) is 0 Å². The van der Waals surface area contributed by atoms with E-state index in [9.17, 15) is 13.0 Å². The summed E-state index contributed by atoms with van der Waals surface area (Å²) < 4.78 is 47.1. The normalized spacial score (nSPS) is 12.1. The standard InChI is InChI=1S/C22H14ClF2NO2S2/c23-18-11-16(7-10-19(18)25)22-26-20(14-5-8-17(24)9-6-14)21(29-22)15-3-1-13(2-4-15)12-30(27)28/h1-11H,12H2,(H,27,28). The number of aromatic nitrogens is 1. The first kappa shape index (κ1) is 20.8. The second-order valence-corrected chi connectivity index (χ2v) is 8.83. The Morgan fingerprint density at radius 3 is 2.20 bits per heavy atom. The molecule has 4 aromatic rings. The molecule has 30 heavy (non-hydrogen) atoms. The van der Waals surface area contributed by atoms with Crippen LogP contribution in [0.25, 0.3) is 32.3 Å². The van der Waals surface area contributed by atoms with Crippen molar-refractivity contribution in [3.8, 4) is 32.3 Å². The van der Waals surface area contributed by atoms with Crippen LogP contribution in [0.5, 0.6) is 0 Å². The number of thiazole rings is 1. The fourth-order valence-corrected chi connectivity index (χ4v) is 4.71. The van der Waals surface area contributed by atoms with E-state index in [4.69, 9.17) is 21.1 Å². The molecule has 1 aromatic heterocycles. The average Bonchev–Trinajstić information content (AvgIpc) is 3.16. The molecule has 0 fully saturated rings. The van der Waals surface area contributed by atoms with Crippen molar-refractivity contribution in [2.45, 2.75) is 5.75 Å². The number of hydrogen-bond donors (Lipinski definition) is 1. The molecule has 1 atom stereocenters. The van der Waals surface area contributed by atoms with E-state index in [1.54, 1.807) is 30.3 Å². The number of rotatable bonds is 5. The third-order valence-electron chi connectivity index (χ3n) is 4.42. The van der Waals surface area contributed by atoms with Crippen LogP contribution >= 0.6 is 22.9 Å². The molecule has 3 nitrogen and oxygen atoms in total. The van der Waals surface area contributed by atoms with Crippen molar-refractivity contribution in [3.63, 3.8) is 0 Å². The van der Waals surface area contributed by atoms with Crippen LogP contribution in [-0.4, -0.2) is 13.7 Å². The van der Waals surface area contributed by atoms with Crippen molar-refractivity contribution in [2.24, 2.45) is 0 Å². The van der Waals surface area contributed by atoms with Crippen LogP contribution in [0.15, 0.2) is 66.7 Å². The Balaban J connectivity index is 1.83. The van der Waals surface area contributed by atoms with Crippen molar-refractivity contribution in [2.75, 3.05) is 0 Å². The molecule has 0 saturated carbocycles.